The van der Waals surface area contributed by atoms with Crippen LogP contribution in [0.1, 0.15) is 30.1 Å². The van der Waals surface area contributed by atoms with E-state index in [1.54, 1.807) is 0 Å². The maximum absolute atomic E-state index is 12.7. The monoisotopic (exact) mass is 342 g/mol. The number of halogens is 3. The SMILES string of the molecule is FC(F)(F)c1csc(NC(CC2CCOC2)c2ccccc2)n1. The smallest absolute Gasteiger partial charge is 0.381 e. The third-order valence-corrected chi connectivity index (χ3v) is 4.66. The van der Waals surface area contributed by atoms with Crippen molar-refractivity contribution in [2.45, 2.75) is 25.1 Å². The van der Waals surface area contributed by atoms with E-state index in [-0.39, 0.29) is 6.04 Å². The van der Waals surface area contributed by atoms with Crippen molar-refractivity contribution in [1.29, 1.82) is 0 Å². The second kappa shape index (κ2) is 6.88. The third kappa shape index (κ3) is 4.23. The molecule has 2 atom stereocenters. The van der Waals surface area contributed by atoms with Crippen molar-refractivity contribution in [3.05, 3.63) is 47.0 Å². The number of anilines is 1. The van der Waals surface area contributed by atoms with E-state index in [9.17, 15) is 13.2 Å². The number of thiazole rings is 1. The number of nitrogens with zero attached hydrogens (tertiary/aromatic N) is 1. The Hall–Kier alpha value is -1.60. The molecule has 124 valence electrons. The van der Waals surface area contributed by atoms with Gasteiger partial charge >= 0.3 is 6.18 Å². The van der Waals surface area contributed by atoms with Crippen LogP contribution in [-0.4, -0.2) is 18.2 Å². The van der Waals surface area contributed by atoms with Crippen LogP contribution in [0.2, 0.25) is 0 Å². The Morgan fingerprint density at radius 3 is 2.70 bits per heavy atom. The quantitative estimate of drug-likeness (QED) is 0.852. The molecule has 1 aliphatic rings. The summed E-state index contributed by atoms with van der Waals surface area (Å²) < 4.78 is 43.5. The van der Waals surface area contributed by atoms with E-state index in [4.69, 9.17) is 4.74 Å². The lowest BCUT2D eigenvalue weighted by molar-refractivity contribution is -0.140. The molecular weight excluding hydrogens is 325 g/mol. The first-order valence-electron chi connectivity index (χ1n) is 7.44. The molecule has 1 fully saturated rings. The van der Waals surface area contributed by atoms with Crippen LogP contribution >= 0.6 is 11.3 Å². The highest BCUT2D eigenvalue weighted by molar-refractivity contribution is 7.13. The van der Waals surface area contributed by atoms with Crippen LogP contribution in [-0.2, 0) is 10.9 Å². The van der Waals surface area contributed by atoms with Crippen molar-refractivity contribution in [1.82, 2.24) is 4.98 Å². The Bertz CT molecular complexity index is 624. The van der Waals surface area contributed by atoms with Crippen LogP contribution in [0.3, 0.4) is 0 Å². The van der Waals surface area contributed by atoms with Crippen LogP contribution in [0, 0.1) is 5.92 Å². The Morgan fingerprint density at radius 1 is 1.30 bits per heavy atom. The minimum atomic E-state index is -4.40. The average molecular weight is 342 g/mol. The first-order valence-corrected chi connectivity index (χ1v) is 8.32. The van der Waals surface area contributed by atoms with Crippen LogP contribution in [0.4, 0.5) is 18.3 Å². The van der Waals surface area contributed by atoms with Crippen molar-refractivity contribution < 1.29 is 17.9 Å². The maximum atomic E-state index is 12.7. The summed E-state index contributed by atoms with van der Waals surface area (Å²) in [6.07, 6.45) is -2.61. The number of hydrogen-bond donors (Lipinski definition) is 1. The zero-order chi connectivity index (χ0) is 16.3. The number of benzene rings is 1. The average Bonchev–Trinajstić information content (AvgIpc) is 3.18. The minimum absolute atomic E-state index is 0.0740. The third-order valence-electron chi connectivity index (χ3n) is 3.89. The molecule has 2 heterocycles. The zero-order valence-corrected chi connectivity index (χ0v) is 13.2. The molecule has 0 amide bonds. The fraction of sp³-hybridized carbons (Fsp3) is 0.438. The molecule has 1 aliphatic heterocycles. The molecule has 2 unspecified atom stereocenters. The number of nitrogens with one attached hydrogen (secondary N) is 1. The standard InChI is InChI=1S/C16H17F3N2OS/c17-16(18,19)14-10-23-15(21-14)20-13(8-11-6-7-22-9-11)12-4-2-1-3-5-12/h1-5,10-11,13H,6-9H2,(H,20,21). The van der Waals surface area contributed by atoms with Crippen molar-refractivity contribution in [3.8, 4) is 0 Å². The van der Waals surface area contributed by atoms with Crippen LogP contribution in [0.25, 0.3) is 0 Å². The summed E-state index contributed by atoms with van der Waals surface area (Å²) >= 11 is 0.984. The van der Waals surface area contributed by atoms with Gasteiger partial charge in [0.2, 0.25) is 0 Å². The van der Waals surface area contributed by atoms with Gasteiger partial charge in [0.05, 0.1) is 6.04 Å². The highest BCUT2D eigenvalue weighted by atomic mass is 32.1. The van der Waals surface area contributed by atoms with Crippen LogP contribution in [0.15, 0.2) is 35.7 Å². The summed E-state index contributed by atoms with van der Waals surface area (Å²) in [5.41, 5.74) is 0.198. The maximum Gasteiger partial charge on any atom is 0.434 e. The van der Waals surface area contributed by atoms with Gasteiger partial charge < -0.3 is 10.1 Å². The molecule has 3 rings (SSSR count). The molecule has 0 saturated carbocycles. The van der Waals surface area contributed by atoms with Crippen molar-refractivity contribution in [2.24, 2.45) is 5.92 Å². The van der Waals surface area contributed by atoms with Gasteiger partial charge in [0.25, 0.3) is 0 Å². The van der Waals surface area contributed by atoms with Crippen LogP contribution < -0.4 is 5.32 Å². The molecule has 0 spiro atoms. The topological polar surface area (TPSA) is 34.1 Å². The molecule has 23 heavy (non-hydrogen) atoms. The van der Waals surface area contributed by atoms with Crippen molar-refractivity contribution in [3.63, 3.8) is 0 Å². The molecule has 0 radical (unpaired) electrons. The van der Waals surface area contributed by atoms with E-state index in [2.05, 4.69) is 10.3 Å². The predicted octanol–water partition coefficient (Wildman–Crippen LogP) is 4.74. The Kier molecular flexibility index (Phi) is 4.87. The molecule has 1 N–H and O–H groups in total. The summed E-state index contributed by atoms with van der Waals surface area (Å²) in [7, 11) is 0. The van der Waals surface area contributed by atoms with Crippen LogP contribution in [0.5, 0.6) is 0 Å². The summed E-state index contributed by atoms with van der Waals surface area (Å²) in [5, 5.41) is 4.51. The summed E-state index contributed by atoms with van der Waals surface area (Å²) in [4.78, 5) is 3.67. The second-order valence-electron chi connectivity index (χ2n) is 5.61. The van der Waals surface area contributed by atoms with Gasteiger partial charge in [-0.05, 0) is 24.3 Å². The first kappa shape index (κ1) is 16.3. The molecule has 0 bridgehead atoms. The van der Waals surface area contributed by atoms with Gasteiger partial charge in [0.15, 0.2) is 10.8 Å². The molecule has 7 heteroatoms. The molecule has 1 aromatic heterocycles. The first-order chi connectivity index (χ1) is 11.0. The summed E-state index contributed by atoms with van der Waals surface area (Å²) in [6.45, 7) is 1.46. The van der Waals surface area contributed by atoms with Crippen molar-refractivity contribution in [2.75, 3.05) is 18.5 Å². The summed E-state index contributed by atoms with van der Waals surface area (Å²) in [5.74, 6) is 0.412. The predicted molar refractivity (Wildman–Crippen MR) is 83.5 cm³/mol. The lowest BCUT2D eigenvalue weighted by Crippen LogP contribution is -2.16. The Morgan fingerprint density at radius 2 is 2.09 bits per heavy atom. The molecule has 3 nitrogen and oxygen atoms in total. The van der Waals surface area contributed by atoms with E-state index in [1.165, 1.54) is 0 Å². The highest BCUT2D eigenvalue weighted by Crippen LogP contribution is 2.34. The number of ether oxygens (including phenoxy) is 1. The molecular formula is C16H17F3N2OS. The Labute approximate surface area is 136 Å². The van der Waals surface area contributed by atoms with E-state index in [0.29, 0.717) is 17.7 Å². The van der Waals surface area contributed by atoms with Gasteiger partial charge in [0.1, 0.15) is 0 Å². The largest absolute Gasteiger partial charge is 0.434 e. The fourth-order valence-corrected chi connectivity index (χ4v) is 3.46. The van der Waals surface area contributed by atoms with Gasteiger partial charge in [-0.25, -0.2) is 4.98 Å². The molecule has 0 aliphatic carbocycles. The van der Waals surface area contributed by atoms with Crippen molar-refractivity contribution >= 4 is 16.5 Å². The van der Waals surface area contributed by atoms with Gasteiger partial charge in [-0.2, -0.15) is 13.2 Å². The lowest BCUT2D eigenvalue weighted by atomic mass is 9.94. The highest BCUT2D eigenvalue weighted by Gasteiger charge is 2.34. The normalized spacial score (nSPS) is 19.7. The molecule has 2 aromatic rings. The molecule has 1 saturated heterocycles. The van der Waals surface area contributed by atoms with Gasteiger partial charge in [-0.3, -0.25) is 0 Å². The van der Waals surface area contributed by atoms with E-state index < -0.39 is 11.9 Å². The van der Waals surface area contributed by atoms with Gasteiger partial charge in [-0.1, -0.05) is 30.3 Å². The number of rotatable bonds is 5. The van der Waals surface area contributed by atoms with Gasteiger partial charge in [-0.15, -0.1) is 11.3 Å². The lowest BCUT2D eigenvalue weighted by Gasteiger charge is -2.21. The Balaban J connectivity index is 1.76. The van der Waals surface area contributed by atoms with Gasteiger partial charge in [0, 0.05) is 18.6 Å². The minimum Gasteiger partial charge on any atom is -0.381 e. The second-order valence-corrected chi connectivity index (χ2v) is 6.47. The fourth-order valence-electron chi connectivity index (χ4n) is 2.69. The van der Waals surface area contributed by atoms with E-state index in [0.717, 1.165) is 41.7 Å². The van der Waals surface area contributed by atoms with E-state index >= 15 is 0 Å². The zero-order valence-electron chi connectivity index (χ0n) is 12.3. The number of alkyl halides is 3. The number of hydrogen-bond acceptors (Lipinski definition) is 4. The summed E-state index contributed by atoms with van der Waals surface area (Å²) in [6, 6.07) is 9.66. The number of aromatic nitrogens is 1. The molecule has 1 aromatic carbocycles. The van der Waals surface area contributed by atoms with E-state index in [1.807, 2.05) is 30.3 Å².